The van der Waals surface area contributed by atoms with Crippen molar-refractivity contribution in [3.05, 3.63) is 53.9 Å². The van der Waals surface area contributed by atoms with Gasteiger partial charge < -0.3 is 15.2 Å². The van der Waals surface area contributed by atoms with Gasteiger partial charge in [-0.1, -0.05) is 18.2 Å². The molecule has 0 saturated carbocycles. The van der Waals surface area contributed by atoms with Crippen molar-refractivity contribution in [1.29, 1.82) is 0 Å². The van der Waals surface area contributed by atoms with Crippen LogP contribution in [0.2, 0.25) is 0 Å². The third kappa shape index (κ3) is 3.56. The number of rotatable bonds is 6. The number of aliphatic hydroxyl groups is 1. The Labute approximate surface area is 119 Å². The van der Waals surface area contributed by atoms with Crippen molar-refractivity contribution in [2.75, 3.05) is 13.7 Å². The second kappa shape index (κ2) is 7.03. The number of nitrogens with one attached hydrogen (secondary N) is 1. The monoisotopic (exact) mass is 272 g/mol. The minimum Gasteiger partial charge on any atom is -0.455 e. The van der Waals surface area contributed by atoms with E-state index in [-0.39, 0.29) is 12.6 Å². The Hall–Kier alpha value is -1.91. The first-order valence-electron chi connectivity index (χ1n) is 6.74. The summed E-state index contributed by atoms with van der Waals surface area (Å²) < 4.78 is 5.84. The predicted octanol–water partition coefficient (Wildman–Crippen LogP) is 2.69. The predicted molar refractivity (Wildman–Crippen MR) is 79.0 cm³/mol. The number of pyridine rings is 1. The van der Waals surface area contributed by atoms with Crippen molar-refractivity contribution in [2.24, 2.45) is 0 Å². The highest BCUT2D eigenvalue weighted by Gasteiger charge is 2.06. The molecule has 4 nitrogen and oxygen atoms in total. The molecule has 1 atom stereocenters. The lowest BCUT2D eigenvalue weighted by molar-refractivity contribution is 0.298. The van der Waals surface area contributed by atoms with E-state index in [4.69, 9.17) is 9.84 Å². The smallest absolute Gasteiger partial charge is 0.145 e. The summed E-state index contributed by atoms with van der Waals surface area (Å²) >= 11 is 0. The Morgan fingerprint density at radius 3 is 2.70 bits per heavy atom. The first kappa shape index (κ1) is 14.5. The molecule has 0 radical (unpaired) electrons. The molecule has 2 N–H and O–H groups in total. The molecule has 1 aromatic heterocycles. The molecule has 20 heavy (non-hydrogen) atoms. The lowest BCUT2D eigenvalue weighted by Gasteiger charge is -2.12. The molecule has 0 bridgehead atoms. The normalized spacial score (nSPS) is 12.2. The average molecular weight is 272 g/mol. The first-order chi connectivity index (χ1) is 9.74. The SMILES string of the molecule is CNC(C)c1ccc(Oc2ccccc2CCO)cn1. The zero-order valence-electron chi connectivity index (χ0n) is 11.8. The van der Waals surface area contributed by atoms with Crippen molar-refractivity contribution in [2.45, 2.75) is 19.4 Å². The van der Waals surface area contributed by atoms with Crippen molar-refractivity contribution < 1.29 is 9.84 Å². The summed E-state index contributed by atoms with van der Waals surface area (Å²) in [5, 5.41) is 12.2. The summed E-state index contributed by atoms with van der Waals surface area (Å²) in [6.45, 7) is 2.16. The Kier molecular flexibility index (Phi) is 5.09. The highest BCUT2D eigenvalue weighted by atomic mass is 16.5. The Morgan fingerprint density at radius 1 is 1.25 bits per heavy atom. The second-order valence-electron chi connectivity index (χ2n) is 4.61. The largest absolute Gasteiger partial charge is 0.455 e. The first-order valence-corrected chi connectivity index (χ1v) is 6.74. The van der Waals surface area contributed by atoms with Crippen LogP contribution < -0.4 is 10.1 Å². The Balaban J connectivity index is 2.14. The number of hydrogen-bond donors (Lipinski definition) is 2. The summed E-state index contributed by atoms with van der Waals surface area (Å²) in [5.74, 6) is 1.46. The average Bonchev–Trinajstić information content (AvgIpc) is 2.49. The van der Waals surface area contributed by atoms with Gasteiger partial charge in [-0.05, 0) is 44.2 Å². The number of aromatic nitrogens is 1. The number of para-hydroxylation sites is 1. The van der Waals surface area contributed by atoms with E-state index >= 15 is 0 Å². The molecule has 2 rings (SSSR count). The second-order valence-corrected chi connectivity index (χ2v) is 4.61. The van der Waals surface area contributed by atoms with Gasteiger partial charge in [0.2, 0.25) is 0 Å². The van der Waals surface area contributed by atoms with Crippen LogP contribution in [0, 0.1) is 0 Å². The minimum absolute atomic E-state index is 0.108. The van der Waals surface area contributed by atoms with Crippen molar-refractivity contribution in [3.8, 4) is 11.5 Å². The summed E-state index contributed by atoms with van der Waals surface area (Å²) in [7, 11) is 1.90. The van der Waals surface area contributed by atoms with E-state index in [9.17, 15) is 0 Å². The molecule has 0 fully saturated rings. The van der Waals surface area contributed by atoms with Crippen LogP contribution in [0.1, 0.15) is 24.2 Å². The van der Waals surface area contributed by atoms with E-state index in [1.807, 2.05) is 43.4 Å². The molecule has 0 saturated heterocycles. The molecule has 1 aromatic carbocycles. The third-order valence-electron chi connectivity index (χ3n) is 3.22. The standard InChI is InChI=1S/C16H20N2O2/c1-12(17-2)15-8-7-14(11-18-15)20-16-6-4-3-5-13(16)9-10-19/h3-8,11-12,17,19H,9-10H2,1-2H3. The maximum atomic E-state index is 9.06. The molecule has 1 unspecified atom stereocenters. The quantitative estimate of drug-likeness (QED) is 0.849. The lowest BCUT2D eigenvalue weighted by Crippen LogP contribution is -2.13. The zero-order chi connectivity index (χ0) is 14.4. The van der Waals surface area contributed by atoms with Crippen LogP contribution in [0.25, 0.3) is 0 Å². The molecule has 0 aliphatic rings. The van der Waals surface area contributed by atoms with Gasteiger partial charge in [-0.3, -0.25) is 4.98 Å². The molecule has 2 aromatic rings. The molecule has 0 spiro atoms. The van der Waals surface area contributed by atoms with Crippen LogP contribution in [-0.2, 0) is 6.42 Å². The van der Waals surface area contributed by atoms with Crippen LogP contribution >= 0.6 is 0 Å². The fourth-order valence-corrected chi connectivity index (χ4v) is 1.91. The van der Waals surface area contributed by atoms with Gasteiger partial charge in [-0.25, -0.2) is 0 Å². The minimum atomic E-state index is 0.108. The maximum absolute atomic E-state index is 9.06. The van der Waals surface area contributed by atoms with Gasteiger partial charge in [0.1, 0.15) is 11.5 Å². The van der Waals surface area contributed by atoms with Crippen LogP contribution in [0.5, 0.6) is 11.5 Å². The van der Waals surface area contributed by atoms with Gasteiger partial charge >= 0.3 is 0 Å². The number of nitrogens with zero attached hydrogens (tertiary/aromatic N) is 1. The van der Waals surface area contributed by atoms with Crippen molar-refractivity contribution >= 4 is 0 Å². The molecular weight excluding hydrogens is 252 g/mol. The topological polar surface area (TPSA) is 54.4 Å². The van der Waals surface area contributed by atoms with E-state index in [2.05, 4.69) is 17.2 Å². The molecule has 0 amide bonds. The third-order valence-corrected chi connectivity index (χ3v) is 3.22. The molecule has 1 heterocycles. The van der Waals surface area contributed by atoms with Crippen LogP contribution in [0.4, 0.5) is 0 Å². The molecule has 4 heteroatoms. The summed E-state index contributed by atoms with van der Waals surface area (Å²) in [5.41, 5.74) is 1.96. The van der Waals surface area contributed by atoms with Gasteiger partial charge in [0.15, 0.2) is 0 Å². The van der Waals surface area contributed by atoms with E-state index in [0.717, 1.165) is 17.0 Å². The number of hydrogen-bond acceptors (Lipinski definition) is 4. The zero-order valence-corrected chi connectivity index (χ0v) is 11.8. The maximum Gasteiger partial charge on any atom is 0.145 e. The number of benzene rings is 1. The van der Waals surface area contributed by atoms with E-state index < -0.39 is 0 Å². The Bertz CT molecular complexity index is 540. The van der Waals surface area contributed by atoms with Gasteiger partial charge in [0.25, 0.3) is 0 Å². The summed E-state index contributed by atoms with van der Waals surface area (Å²) in [6.07, 6.45) is 2.30. The highest BCUT2D eigenvalue weighted by Crippen LogP contribution is 2.25. The Morgan fingerprint density at radius 2 is 2.05 bits per heavy atom. The molecule has 106 valence electrons. The van der Waals surface area contributed by atoms with Gasteiger partial charge in [-0.2, -0.15) is 0 Å². The van der Waals surface area contributed by atoms with Gasteiger partial charge in [0.05, 0.1) is 11.9 Å². The fraction of sp³-hybridized carbons (Fsp3) is 0.312. The van der Waals surface area contributed by atoms with Gasteiger partial charge in [-0.15, -0.1) is 0 Å². The van der Waals surface area contributed by atoms with E-state index in [1.54, 1.807) is 6.20 Å². The van der Waals surface area contributed by atoms with Crippen LogP contribution in [0.15, 0.2) is 42.6 Å². The summed E-state index contributed by atoms with van der Waals surface area (Å²) in [4.78, 5) is 4.38. The summed E-state index contributed by atoms with van der Waals surface area (Å²) in [6, 6.07) is 11.8. The van der Waals surface area contributed by atoms with Gasteiger partial charge in [0, 0.05) is 12.6 Å². The molecule has 0 aliphatic heterocycles. The van der Waals surface area contributed by atoms with Crippen molar-refractivity contribution in [1.82, 2.24) is 10.3 Å². The van der Waals surface area contributed by atoms with Crippen LogP contribution in [0.3, 0.4) is 0 Å². The van der Waals surface area contributed by atoms with Crippen LogP contribution in [-0.4, -0.2) is 23.7 Å². The lowest BCUT2D eigenvalue weighted by atomic mass is 10.1. The highest BCUT2D eigenvalue weighted by molar-refractivity contribution is 5.37. The molecular formula is C16H20N2O2. The van der Waals surface area contributed by atoms with E-state index in [0.29, 0.717) is 12.2 Å². The number of ether oxygens (including phenoxy) is 1. The van der Waals surface area contributed by atoms with Crippen molar-refractivity contribution in [3.63, 3.8) is 0 Å². The number of aliphatic hydroxyl groups excluding tert-OH is 1. The van der Waals surface area contributed by atoms with E-state index in [1.165, 1.54) is 0 Å². The fourth-order valence-electron chi connectivity index (χ4n) is 1.91. The molecule has 0 aliphatic carbocycles.